The summed E-state index contributed by atoms with van der Waals surface area (Å²) in [5, 5.41) is 2.67. The van der Waals surface area contributed by atoms with Crippen molar-refractivity contribution < 1.29 is 4.74 Å². The van der Waals surface area contributed by atoms with Gasteiger partial charge in [0.05, 0.1) is 23.7 Å². The molecule has 0 saturated carbocycles. The van der Waals surface area contributed by atoms with Crippen molar-refractivity contribution in [2.75, 3.05) is 7.11 Å². The standard InChI is InChI=1S/C19H16N2O2/c1-20-18-15-11-7-6-10-14(15)17(23-2)12-16(18)19(22)21(20)13-8-4-3-5-9-13/h3-12H,1-2H3. The number of rotatable bonds is 2. The van der Waals surface area contributed by atoms with Crippen molar-refractivity contribution in [2.24, 2.45) is 7.05 Å². The maximum atomic E-state index is 12.9. The van der Waals surface area contributed by atoms with E-state index in [1.165, 1.54) is 0 Å². The third-order valence-electron chi connectivity index (χ3n) is 4.25. The van der Waals surface area contributed by atoms with E-state index in [0.29, 0.717) is 5.39 Å². The van der Waals surface area contributed by atoms with Crippen molar-refractivity contribution in [1.29, 1.82) is 0 Å². The van der Waals surface area contributed by atoms with E-state index in [-0.39, 0.29) is 5.56 Å². The largest absolute Gasteiger partial charge is 0.496 e. The Morgan fingerprint density at radius 2 is 1.52 bits per heavy atom. The van der Waals surface area contributed by atoms with Crippen LogP contribution in [0.1, 0.15) is 0 Å². The Balaban J connectivity index is 2.22. The van der Waals surface area contributed by atoms with E-state index in [2.05, 4.69) is 0 Å². The average molecular weight is 304 g/mol. The fourth-order valence-corrected chi connectivity index (χ4v) is 3.22. The number of aromatic nitrogens is 2. The molecule has 0 atom stereocenters. The molecule has 0 spiro atoms. The minimum atomic E-state index is -0.0437. The first-order valence-electron chi connectivity index (χ1n) is 7.45. The third-order valence-corrected chi connectivity index (χ3v) is 4.25. The van der Waals surface area contributed by atoms with Crippen molar-refractivity contribution in [2.45, 2.75) is 0 Å². The van der Waals surface area contributed by atoms with Crippen LogP contribution < -0.4 is 10.3 Å². The molecule has 0 amide bonds. The monoisotopic (exact) mass is 304 g/mol. The molecule has 3 aromatic carbocycles. The van der Waals surface area contributed by atoms with Crippen LogP contribution in [0.4, 0.5) is 0 Å². The molecular weight excluding hydrogens is 288 g/mol. The normalized spacial score (nSPS) is 11.2. The lowest BCUT2D eigenvalue weighted by atomic mass is 10.1. The molecule has 0 bridgehead atoms. The zero-order valence-electron chi connectivity index (χ0n) is 13.0. The van der Waals surface area contributed by atoms with Crippen LogP contribution in [0.5, 0.6) is 5.75 Å². The van der Waals surface area contributed by atoms with E-state index in [1.807, 2.05) is 72.4 Å². The minimum Gasteiger partial charge on any atom is -0.496 e. The lowest BCUT2D eigenvalue weighted by Gasteiger charge is -2.09. The van der Waals surface area contributed by atoms with Gasteiger partial charge in [-0.2, -0.15) is 0 Å². The summed E-state index contributed by atoms with van der Waals surface area (Å²) in [5.41, 5.74) is 1.72. The molecule has 1 aromatic heterocycles. The fourth-order valence-electron chi connectivity index (χ4n) is 3.22. The molecule has 4 aromatic rings. The summed E-state index contributed by atoms with van der Waals surface area (Å²) in [6, 6.07) is 19.5. The first kappa shape index (κ1) is 13.6. The molecule has 4 nitrogen and oxygen atoms in total. The van der Waals surface area contributed by atoms with Gasteiger partial charge in [0.2, 0.25) is 0 Å². The molecule has 0 fully saturated rings. The van der Waals surface area contributed by atoms with Crippen LogP contribution >= 0.6 is 0 Å². The van der Waals surface area contributed by atoms with Crippen LogP contribution in [-0.2, 0) is 7.05 Å². The van der Waals surface area contributed by atoms with E-state index >= 15 is 0 Å². The molecule has 0 aliphatic heterocycles. The SMILES string of the molecule is COc1cc2c(=O)n(-c3ccccc3)n(C)c2c2ccccc12. The second-order valence-corrected chi connectivity index (χ2v) is 5.50. The number of para-hydroxylation sites is 1. The van der Waals surface area contributed by atoms with Crippen molar-refractivity contribution in [3.8, 4) is 11.4 Å². The molecule has 0 saturated heterocycles. The Morgan fingerprint density at radius 3 is 2.22 bits per heavy atom. The molecule has 4 rings (SSSR count). The quantitative estimate of drug-likeness (QED) is 0.568. The Labute approximate surface area is 133 Å². The van der Waals surface area contributed by atoms with Gasteiger partial charge in [-0.3, -0.25) is 9.48 Å². The highest BCUT2D eigenvalue weighted by atomic mass is 16.5. The molecule has 0 N–H and O–H groups in total. The summed E-state index contributed by atoms with van der Waals surface area (Å²) in [6.45, 7) is 0. The highest BCUT2D eigenvalue weighted by molar-refractivity contribution is 6.08. The number of benzene rings is 3. The van der Waals surface area contributed by atoms with Gasteiger partial charge in [0.1, 0.15) is 5.75 Å². The summed E-state index contributed by atoms with van der Waals surface area (Å²) in [5.74, 6) is 0.719. The predicted molar refractivity (Wildman–Crippen MR) is 92.6 cm³/mol. The first-order chi connectivity index (χ1) is 11.2. The first-order valence-corrected chi connectivity index (χ1v) is 7.45. The van der Waals surface area contributed by atoms with Gasteiger partial charge in [-0.15, -0.1) is 0 Å². The van der Waals surface area contributed by atoms with Gasteiger partial charge in [0.15, 0.2) is 0 Å². The van der Waals surface area contributed by atoms with Crippen molar-refractivity contribution >= 4 is 21.7 Å². The Kier molecular flexibility index (Phi) is 2.98. The summed E-state index contributed by atoms with van der Waals surface area (Å²) in [7, 11) is 3.54. The van der Waals surface area contributed by atoms with E-state index in [0.717, 1.165) is 27.7 Å². The smallest absolute Gasteiger partial charge is 0.279 e. The molecular formula is C19H16N2O2. The van der Waals surface area contributed by atoms with Crippen molar-refractivity contribution in [3.05, 3.63) is 71.0 Å². The summed E-state index contributed by atoms with van der Waals surface area (Å²) < 4.78 is 9.09. The van der Waals surface area contributed by atoms with Crippen LogP contribution in [0, 0.1) is 0 Å². The van der Waals surface area contributed by atoms with E-state index < -0.39 is 0 Å². The second kappa shape index (κ2) is 5.02. The topological polar surface area (TPSA) is 36.2 Å². The zero-order chi connectivity index (χ0) is 16.0. The van der Waals surface area contributed by atoms with Gasteiger partial charge < -0.3 is 4.74 Å². The summed E-state index contributed by atoms with van der Waals surface area (Å²) >= 11 is 0. The van der Waals surface area contributed by atoms with Gasteiger partial charge in [0.25, 0.3) is 5.56 Å². The molecule has 0 aliphatic rings. The van der Waals surface area contributed by atoms with Crippen LogP contribution in [-0.4, -0.2) is 16.5 Å². The molecule has 114 valence electrons. The highest BCUT2D eigenvalue weighted by Gasteiger charge is 2.17. The maximum absolute atomic E-state index is 12.9. The van der Waals surface area contributed by atoms with E-state index in [4.69, 9.17) is 4.74 Å². The third kappa shape index (κ3) is 1.88. The molecule has 0 unspecified atom stereocenters. The highest BCUT2D eigenvalue weighted by Crippen LogP contribution is 2.32. The van der Waals surface area contributed by atoms with Gasteiger partial charge in [-0.1, -0.05) is 42.5 Å². The lowest BCUT2D eigenvalue weighted by Crippen LogP contribution is -2.19. The number of hydrogen-bond acceptors (Lipinski definition) is 2. The van der Waals surface area contributed by atoms with Gasteiger partial charge >= 0.3 is 0 Å². The zero-order valence-corrected chi connectivity index (χ0v) is 13.0. The average Bonchev–Trinajstić information content (AvgIpc) is 2.85. The van der Waals surface area contributed by atoms with Crippen LogP contribution in [0.25, 0.3) is 27.4 Å². The molecule has 1 heterocycles. The van der Waals surface area contributed by atoms with Crippen molar-refractivity contribution in [3.63, 3.8) is 0 Å². The fraction of sp³-hybridized carbons (Fsp3) is 0.105. The summed E-state index contributed by atoms with van der Waals surface area (Å²) in [6.07, 6.45) is 0. The molecule has 4 heteroatoms. The maximum Gasteiger partial charge on any atom is 0.279 e. The Bertz CT molecular complexity index is 1080. The Hall–Kier alpha value is -3.01. The van der Waals surface area contributed by atoms with Crippen LogP contribution in [0.3, 0.4) is 0 Å². The molecule has 0 radical (unpaired) electrons. The minimum absolute atomic E-state index is 0.0437. The summed E-state index contributed by atoms with van der Waals surface area (Å²) in [4.78, 5) is 12.9. The second-order valence-electron chi connectivity index (χ2n) is 5.50. The number of nitrogens with zero attached hydrogens (tertiary/aromatic N) is 2. The molecule has 23 heavy (non-hydrogen) atoms. The number of methoxy groups -OCH3 is 1. The van der Waals surface area contributed by atoms with Crippen molar-refractivity contribution in [1.82, 2.24) is 9.36 Å². The predicted octanol–water partition coefficient (Wildman–Crippen LogP) is 3.49. The van der Waals surface area contributed by atoms with Gasteiger partial charge in [-0.25, -0.2) is 4.68 Å². The Morgan fingerprint density at radius 1 is 0.870 bits per heavy atom. The molecule has 0 aliphatic carbocycles. The van der Waals surface area contributed by atoms with Gasteiger partial charge in [0, 0.05) is 17.8 Å². The van der Waals surface area contributed by atoms with Gasteiger partial charge in [-0.05, 0) is 18.2 Å². The number of hydrogen-bond donors (Lipinski definition) is 0. The van der Waals surface area contributed by atoms with E-state index in [1.54, 1.807) is 11.8 Å². The number of fused-ring (bicyclic) bond motifs is 3. The number of ether oxygens (including phenoxy) is 1. The van der Waals surface area contributed by atoms with E-state index in [9.17, 15) is 4.79 Å². The number of aryl methyl sites for hydroxylation is 1. The lowest BCUT2D eigenvalue weighted by molar-refractivity contribution is 0.420. The van der Waals surface area contributed by atoms with Crippen LogP contribution in [0.15, 0.2) is 65.5 Å². The van der Waals surface area contributed by atoms with Crippen LogP contribution in [0.2, 0.25) is 0 Å².